The smallest absolute Gasteiger partial charge is 0.276 e. The summed E-state index contributed by atoms with van der Waals surface area (Å²) >= 11 is 0. The predicted octanol–water partition coefficient (Wildman–Crippen LogP) is 3.69. The Bertz CT molecular complexity index is 757. The third-order valence-corrected chi connectivity index (χ3v) is 2.99. The number of benzene rings is 2. The summed E-state index contributed by atoms with van der Waals surface area (Å²) in [6, 6.07) is 10.4. The quantitative estimate of drug-likeness (QED) is 0.531. The van der Waals surface area contributed by atoms with Crippen molar-refractivity contribution >= 4 is 23.4 Å². The minimum Gasteiger partial charge on any atom is -0.322 e. The van der Waals surface area contributed by atoms with Crippen molar-refractivity contribution in [3.05, 3.63) is 75.6 Å². The van der Waals surface area contributed by atoms with Crippen LogP contribution in [-0.2, 0) is 4.79 Å². The Morgan fingerprint density at radius 3 is 2.68 bits per heavy atom. The summed E-state index contributed by atoms with van der Waals surface area (Å²) in [4.78, 5) is 22.1. The summed E-state index contributed by atoms with van der Waals surface area (Å²) < 4.78 is 13.4. The molecule has 1 amide bonds. The number of anilines is 1. The highest BCUT2D eigenvalue weighted by Crippen LogP contribution is 2.19. The van der Waals surface area contributed by atoms with E-state index in [-0.39, 0.29) is 5.69 Å². The highest BCUT2D eigenvalue weighted by molar-refractivity contribution is 6.02. The van der Waals surface area contributed by atoms with E-state index in [2.05, 4.69) is 5.32 Å². The number of nitrogens with one attached hydrogen (secondary N) is 1. The zero-order chi connectivity index (χ0) is 16.1. The molecule has 2 rings (SSSR count). The first-order chi connectivity index (χ1) is 10.5. The fourth-order valence-electron chi connectivity index (χ4n) is 1.81. The van der Waals surface area contributed by atoms with Gasteiger partial charge in [-0.15, -0.1) is 0 Å². The number of rotatable bonds is 4. The van der Waals surface area contributed by atoms with E-state index in [1.165, 1.54) is 30.4 Å². The molecule has 0 radical (unpaired) electrons. The largest absolute Gasteiger partial charge is 0.322 e. The monoisotopic (exact) mass is 300 g/mol. The van der Waals surface area contributed by atoms with Crippen molar-refractivity contribution < 1.29 is 14.1 Å². The van der Waals surface area contributed by atoms with Gasteiger partial charge in [0.1, 0.15) is 5.82 Å². The van der Waals surface area contributed by atoms with Crippen molar-refractivity contribution in [3.63, 3.8) is 0 Å². The van der Waals surface area contributed by atoms with Gasteiger partial charge in [-0.05, 0) is 36.8 Å². The lowest BCUT2D eigenvalue weighted by Gasteiger charge is -2.03. The maximum atomic E-state index is 13.4. The highest BCUT2D eigenvalue weighted by Gasteiger charge is 2.09. The molecule has 0 atom stereocenters. The SMILES string of the molecule is Cc1ccc(NC(=O)C=Cc2ccccc2[N+](=O)[O-])cc1F. The Balaban J connectivity index is 2.12. The van der Waals surface area contributed by atoms with Crippen LogP contribution in [0.25, 0.3) is 6.08 Å². The number of carbonyl (C=O) groups excluding carboxylic acids is 1. The van der Waals surface area contributed by atoms with Crippen LogP contribution in [0.15, 0.2) is 48.5 Å². The first kappa shape index (κ1) is 15.4. The van der Waals surface area contributed by atoms with Crippen LogP contribution in [0.4, 0.5) is 15.8 Å². The molecular weight excluding hydrogens is 287 g/mol. The molecule has 2 aromatic carbocycles. The van der Waals surface area contributed by atoms with E-state index in [1.54, 1.807) is 31.2 Å². The van der Waals surface area contributed by atoms with Crippen molar-refractivity contribution in [2.24, 2.45) is 0 Å². The Kier molecular flexibility index (Phi) is 4.63. The molecule has 0 aliphatic rings. The second kappa shape index (κ2) is 6.62. The number of para-hydroxylation sites is 1. The fourth-order valence-corrected chi connectivity index (χ4v) is 1.81. The normalized spacial score (nSPS) is 10.6. The first-order valence-corrected chi connectivity index (χ1v) is 6.46. The standard InChI is InChI=1S/C16H13FN2O3/c1-11-6-8-13(10-14(11)17)18-16(20)9-7-12-4-2-3-5-15(12)19(21)22/h2-10H,1H3,(H,18,20). The second-order valence-electron chi connectivity index (χ2n) is 4.60. The molecular formula is C16H13FN2O3. The average molecular weight is 300 g/mol. The van der Waals surface area contributed by atoms with Gasteiger partial charge in [0.2, 0.25) is 5.91 Å². The molecule has 2 aromatic rings. The Morgan fingerprint density at radius 1 is 1.27 bits per heavy atom. The van der Waals surface area contributed by atoms with Crippen LogP contribution >= 0.6 is 0 Å². The Labute approximate surface area is 126 Å². The van der Waals surface area contributed by atoms with E-state index in [9.17, 15) is 19.3 Å². The van der Waals surface area contributed by atoms with Crippen LogP contribution in [0.2, 0.25) is 0 Å². The van der Waals surface area contributed by atoms with Crippen LogP contribution in [0.3, 0.4) is 0 Å². The van der Waals surface area contributed by atoms with Gasteiger partial charge in [-0.1, -0.05) is 18.2 Å². The van der Waals surface area contributed by atoms with Crippen LogP contribution in [0.1, 0.15) is 11.1 Å². The molecule has 0 fully saturated rings. The van der Waals surface area contributed by atoms with Gasteiger partial charge in [-0.3, -0.25) is 14.9 Å². The Morgan fingerprint density at radius 2 is 2.00 bits per heavy atom. The molecule has 0 aliphatic heterocycles. The summed E-state index contributed by atoms with van der Waals surface area (Å²) in [5.41, 5.74) is 1.03. The predicted molar refractivity (Wildman–Crippen MR) is 81.9 cm³/mol. The van der Waals surface area contributed by atoms with Crippen LogP contribution in [-0.4, -0.2) is 10.8 Å². The van der Waals surface area contributed by atoms with Gasteiger partial charge < -0.3 is 5.32 Å². The lowest BCUT2D eigenvalue weighted by atomic mass is 10.1. The van der Waals surface area contributed by atoms with Gasteiger partial charge >= 0.3 is 0 Å². The van der Waals surface area contributed by atoms with Crippen molar-refractivity contribution in [2.45, 2.75) is 6.92 Å². The second-order valence-corrected chi connectivity index (χ2v) is 4.60. The lowest BCUT2D eigenvalue weighted by Crippen LogP contribution is -2.08. The van der Waals surface area contributed by atoms with E-state index in [0.717, 1.165) is 0 Å². The Hall–Kier alpha value is -3.02. The van der Waals surface area contributed by atoms with Crippen LogP contribution < -0.4 is 5.32 Å². The van der Waals surface area contributed by atoms with E-state index < -0.39 is 16.6 Å². The van der Waals surface area contributed by atoms with Crippen molar-refractivity contribution in [1.82, 2.24) is 0 Å². The van der Waals surface area contributed by atoms with Crippen molar-refractivity contribution in [2.75, 3.05) is 5.32 Å². The van der Waals surface area contributed by atoms with Gasteiger partial charge in [0.05, 0.1) is 10.5 Å². The number of aryl methyl sites for hydroxylation is 1. The number of carbonyl (C=O) groups is 1. The number of nitro groups is 1. The zero-order valence-electron chi connectivity index (χ0n) is 11.7. The molecule has 0 aliphatic carbocycles. The number of nitrogens with zero attached hydrogens (tertiary/aromatic N) is 1. The summed E-state index contributed by atoms with van der Waals surface area (Å²) in [6.45, 7) is 1.62. The number of hydrogen-bond donors (Lipinski definition) is 1. The number of amides is 1. The van der Waals surface area contributed by atoms with Gasteiger partial charge in [-0.2, -0.15) is 0 Å². The van der Waals surface area contributed by atoms with E-state index in [1.807, 2.05) is 0 Å². The minimum absolute atomic E-state index is 0.0899. The molecule has 0 spiro atoms. The molecule has 6 heteroatoms. The van der Waals surface area contributed by atoms with Crippen molar-refractivity contribution in [3.8, 4) is 0 Å². The minimum atomic E-state index is -0.521. The van der Waals surface area contributed by atoms with Crippen molar-refractivity contribution in [1.29, 1.82) is 0 Å². The molecule has 0 saturated carbocycles. The third-order valence-electron chi connectivity index (χ3n) is 2.99. The van der Waals surface area contributed by atoms with E-state index >= 15 is 0 Å². The van der Waals surface area contributed by atoms with Crippen LogP contribution in [0, 0.1) is 22.9 Å². The van der Waals surface area contributed by atoms with Crippen LogP contribution in [0.5, 0.6) is 0 Å². The summed E-state index contributed by atoms with van der Waals surface area (Å²) in [7, 11) is 0. The molecule has 0 aromatic heterocycles. The molecule has 0 bridgehead atoms. The van der Waals surface area contributed by atoms with E-state index in [4.69, 9.17) is 0 Å². The molecule has 0 heterocycles. The zero-order valence-corrected chi connectivity index (χ0v) is 11.7. The first-order valence-electron chi connectivity index (χ1n) is 6.46. The number of nitro benzene ring substituents is 1. The van der Waals surface area contributed by atoms with Gasteiger partial charge in [0.25, 0.3) is 5.69 Å². The van der Waals surface area contributed by atoms with Gasteiger partial charge in [0.15, 0.2) is 0 Å². The molecule has 0 unspecified atom stereocenters. The van der Waals surface area contributed by atoms with E-state index in [0.29, 0.717) is 16.8 Å². The summed E-state index contributed by atoms with van der Waals surface area (Å²) in [5.74, 6) is -0.915. The topological polar surface area (TPSA) is 72.2 Å². The van der Waals surface area contributed by atoms with Gasteiger partial charge in [-0.25, -0.2) is 4.39 Å². The third kappa shape index (κ3) is 3.76. The summed E-state index contributed by atoms with van der Waals surface area (Å²) in [5, 5.41) is 13.3. The molecule has 112 valence electrons. The maximum Gasteiger partial charge on any atom is 0.276 e. The average Bonchev–Trinajstić information content (AvgIpc) is 2.49. The lowest BCUT2D eigenvalue weighted by molar-refractivity contribution is -0.385. The molecule has 1 N–H and O–H groups in total. The van der Waals surface area contributed by atoms with Gasteiger partial charge in [0, 0.05) is 17.8 Å². The summed E-state index contributed by atoms with van der Waals surface area (Å²) in [6.07, 6.45) is 2.51. The molecule has 0 saturated heterocycles. The maximum absolute atomic E-state index is 13.4. The molecule has 22 heavy (non-hydrogen) atoms. The number of halogens is 1. The highest BCUT2D eigenvalue weighted by atomic mass is 19.1. The molecule has 5 nitrogen and oxygen atoms in total. The fraction of sp³-hybridized carbons (Fsp3) is 0.0625. The number of hydrogen-bond acceptors (Lipinski definition) is 3.